The van der Waals surface area contributed by atoms with Crippen molar-refractivity contribution in [2.45, 2.75) is 211 Å². The molecular weight excluding hydrogens is 1450 g/mol. The van der Waals surface area contributed by atoms with E-state index in [2.05, 4.69) is 110 Å². The van der Waals surface area contributed by atoms with Gasteiger partial charge in [0.1, 0.15) is 98.3 Å². The zero-order chi connectivity index (χ0) is 78.2. The minimum absolute atomic E-state index is 0.00298. The van der Waals surface area contributed by atoms with E-state index >= 15 is 0 Å². The first-order chi connectivity index (χ1) is 52.2. The average Bonchev–Trinajstić information content (AvgIpc) is 0.750. The van der Waals surface area contributed by atoms with Crippen molar-refractivity contribution in [3.63, 3.8) is 0 Å². The fraction of sp³-hybridized carbons (Fsp3) is 0.513. The van der Waals surface area contributed by atoms with Gasteiger partial charge in [-0.1, -0.05) is 270 Å². The van der Waals surface area contributed by atoms with Crippen molar-refractivity contribution >= 4 is 95.4 Å². The Hall–Kier alpha value is -6.09. The van der Waals surface area contributed by atoms with Crippen molar-refractivity contribution < 1.29 is 79.6 Å². The number of esters is 2. The topological polar surface area (TPSA) is 270 Å². The summed E-state index contributed by atoms with van der Waals surface area (Å²) in [7, 11) is 14.8. The van der Waals surface area contributed by atoms with E-state index in [-0.39, 0.29) is 39.0 Å². The van der Waals surface area contributed by atoms with Crippen molar-refractivity contribution in [2.24, 2.45) is 28.0 Å². The Labute approximate surface area is 650 Å². The SMILES string of the molecule is [B]P([B])O[C@@H]1C(N=[N+]=[N-])[C@@H](O[C@@H]2C(COC(C)=O)O[C@@H](O[C@@H]3C(CO[Si](c4ccccc4)(c4ccccc4)C(C)(C)C)O[C@H](O[C@@H]4C(COC(C)=O)O[C@@H](C)C(C)[C@H]4OCc4ccccc4)C(N=[N+]=[N-])[C@H]3OP([B])[B])[C@@H](C)C2OCc2ccccc2)OC(CO[Si](c2ccccc2)(c2ccccc2)C(C)(C)C)[C@H]1C. The molecule has 0 amide bonds. The molecule has 6 aromatic carbocycles. The quantitative estimate of drug-likeness (QED) is 0.00948. The van der Waals surface area contributed by atoms with E-state index in [9.17, 15) is 20.7 Å². The first-order valence-electron chi connectivity index (χ1n) is 36.9. The highest BCUT2D eigenvalue weighted by Crippen LogP contribution is 2.47. The first kappa shape index (κ1) is 85.3. The molecule has 8 radical (unpaired) electrons. The maximum Gasteiger partial charge on any atom is 0.302 e. The Bertz CT molecular complexity index is 3860. The van der Waals surface area contributed by atoms with Crippen LogP contribution in [0.15, 0.2) is 192 Å². The van der Waals surface area contributed by atoms with Crippen LogP contribution in [0.1, 0.15) is 94.2 Å². The second-order valence-electron chi connectivity index (χ2n) is 30.2. The molecule has 4 heterocycles. The summed E-state index contributed by atoms with van der Waals surface area (Å²) in [6.45, 7) is 22.3. The molecule has 10 rings (SSSR count). The minimum Gasteiger partial charge on any atom is -0.463 e. The smallest absolute Gasteiger partial charge is 0.302 e. The van der Waals surface area contributed by atoms with Crippen LogP contribution in [0.5, 0.6) is 0 Å². The highest BCUT2D eigenvalue weighted by molar-refractivity contribution is 7.98. The van der Waals surface area contributed by atoms with Crippen molar-refractivity contribution in [1.82, 2.24) is 0 Å². The minimum atomic E-state index is -3.51. The molecule has 0 aliphatic carbocycles. The van der Waals surface area contributed by atoms with Gasteiger partial charge in [0.15, 0.2) is 18.9 Å². The van der Waals surface area contributed by atoms with Crippen molar-refractivity contribution in [2.75, 3.05) is 26.4 Å². The van der Waals surface area contributed by atoms with Crippen molar-refractivity contribution in [1.29, 1.82) is 0 Å². The summed E-state index contributed by atoms with van der Waals surface area (Å²) in [5.74, 6) is -3.05. The maximum absolute atomic E-state index is 13.3. The molecule has 0 bridgehead atoms. The zero-order valence-electron chi connectivity index (χ0n) is 63.9. The second-order valence-corrected chi connectivity index (χ2v) is 40.7. The van der Waals surface area contributed by atoms with E-state index < -0.39 is 177 Å². The van der Waals surface area contributed by atoms with Gasteiger partial charge in [-0.2, -0.15) is 0 Å². The predicted octanol–water partition coefficient (Wildman–Crippen LogP) is 11.7. The van der Waals surface area contributed by atoms with Gasteiger partial charge in [0.25, 0.3) is 16.6 Å². The number of ether oxygens (including phenoxy) is 11. The Kier molecular flexibility index (Phi) is 30.6. The molecule has 4 aliphatic rings. The molecule has 4 aliphatic heterocycles. The van der Waals surface area contributed by atoms with Crippen LogP contribution in [-0.2, 0) is 92.8 Å². The molecule has 0 spiro atoms. The Morgan fingerprint density at radius 1 is 0.422 bits per heavy atom. The van der Waals surface area contributed by atoms with Crippen LogP contribution in [-0.4, -0.2) is 189 Å². The summed E-state index contributed by atoms with van der Waals surface area (Å²) in [6, 6.07) is 56.7. The Balaban J connectivity index is 1.09. The van der Waals surface area contributed by atoms with Gasteiger partial charge in [-0.3, -0.25) is 9.59 Å². The Morgan fingerprint density at radius 2 is 0.743 bits per heavy atom. The van der Waals surface area contributed by atoms with Gasteiger partial charge >= 0.3 is 11.9 Å². The van der Waals surface area contributed by atoms with E-state index in [4.69, 9.17) is 100 Å². The molecule has 4 saturated heterocycles. The van der Waals surface area contributed by atoms with Gasteiger partial charge in [-0.25, -0.2) is 0 Å². The van der Waals surface area contributed by atoms with Gasteiger partial charge in [0, 0.05) is 41.4 Å². The largest absolute Gasteiger partial charge is 0.463 e. The van der Waals surface area contributed by atoms with Crippen molar-refractivity contribution in [3.8, 4) is 0 Å². The monoisotopic (exact) mass is 1550 g/mol. The van der Waals surface area contributed by atoms with E-state index in [1.807, 2.05) is 161 Å². The van der Waals surface area contributed by atoms with Crippen LogP contribution < -0.4 is 20.7 Å². The third kappa shape index (κ3) is 20.7. The number of nitrogens with zero attached hydrogens (tertiary/aromatic N) is 6. The third-order valence-corrected chi connectivity index (χ3v) is 31.9. The first-order valence-corrected chi connectivity index (χ1v) is 43.5. The third-order valence-electron chi connectivity index (χ3n) is 20.9. The molecule has 8 unspecified atom stereocenters. The van der Waals surface area contributed by atoms with Crippen LogP contribution in [0, 0.1) is 17.8 Å². The summed E-state index contributed by atoms with van der Waals surface area (Å²) in [5, 5.41) is 11.6. The molecule has 0 saturated carbocycles. The van der Waals surface area contributed by atoms with Crippen LogP contribution in [0.2, 0.25) is 10.1 Å². The summed E-state index contributed by atoms with van der Waals surface area (Å²) in [4.78, 5) is 32.7. The van der Waals surface area contributed by atoms with Crippen molar-refractivity contribution in [3.05, 3.63) is 214 Å². The molecule has 0 N–H and O–H groups in total. The van der Waals surface area contributed by atoms with Gasteiger partial charge in [-0.05, 0) is 59.9 Å². The van der Waals surface area contributed by atoms with E-state index in [1.54, 1.807) is 0 Å². The summed E-state index contributed by atoms with van der Waals surface area (Å²) >= 11 is 0. The standard InChI is InChI=1S/C78H98B4N6O17P2Si2/c1-49-52(4)97-62(45-91-53(5)89)70(68(49)93-43-55-31-19-13-20-32-55)102-76-66(86-88-84)73(105-107(81)82)72(64(100-76)48-96-109(78(10,11)12,59-39-27-17-28-40-59)60-41-29-18-30-42-60)101-74-51(3)69(94-44-56-33-21-14-22-34-56)71(63(99-74)46-92-54(6)90)103-75-65(85-87-83)67(104-106(79)80)50(2)61(98-75)47-95-108(77(7,8)9,57-35-23-15-24-36-57)58-37-25-16-26-38-58/h13-42,49-52,61-76H,43-48H2,1-12H3/t49?,50-,51+,52+,61?,62?,63?,64?,65?,66?,67+,68-,69?,70-,71-,72-,73-,74+,75-,76-/m1/s1. The van der Waals surface area contributed by atoms with Gasteiger partial charge < -0.3 is 70.0 Å². The molecule has 23 nitrogen and oxygen atoms in total. The highest BCUT2D eigenvalue weighted by Gasteiger charge is 2.59. The van der Waals surface area contributed by atoms with Gasteiger partial charge in [-0.15, -0.1) is 0 Å². The number of hydrogen-bond donors (Lipinski definition) is 0. The fourth-order valence-electron chi connectivity index (χ4n) is 15.5. The molecule has 109 heavy (non-hydrogen) atoms. The molecule has 0 aromatic heterocycles. The molecule has 6 aromatic rings. The lowest BCUT2D eigenvalue weighted by molar-refractivity contribution is -0.364. The average molecular weight is 1550 g/mol. The lowest BCUT2D eigenvalue weighted by Gasteiger charge is -2.52. The zero-order valence-corrected chi connectivity index (χ0v) is 67.7. The van der Waals surface area contributed by atoms with Crippen LogP contribution >= 0.6 is 15.8 Å². The summed E-state index contributed by atoms with van der Waals surface area (Å²) < 4.78 is 105. The highest BCUT2D eigenvalue weighted by atomic mass is 31.1. The lowest BCUT2D eigenvalue weighted by Crippen LogP contribution is -2.69. The van der Waals surface area contributed by atoms with Gasteiger partial charge in [0.2, 0.25) is 0 Å². The second kappa shape index (κ2) is 39.1. The fourth-order valence-corrected chi connectivity index (χ4v) is 25.7. The molecular formula is C78H98B4N6O17P2Si2. The molecule has 572 valence electrons. The number of benzene rings is 6. The molecule has 31 heteroatoms. The molecule has 4 fully saturated rings. The van der Waals surface area contributed by atoms with E-state index in [0.717, 1.165) is 31.9 Å². The number of carbonyl (C=O) groups excluding carboxylic acids is 2. The summed E-state index contributed by atoms with van der Waals surface area (Å²) in [6.07, 6.45) is -17.3. The van der Waals surface area contributed by atoms with Crippen LogP contribution in [0.25, 0.3) is 20.9 Å². The normalized spacial score (nSPS) is 29.0. The molecule has 20 atom stereocenters. The summed E-state index contributed by atoms with van der Waals surface area (Å²) in [5.41, 5.74) is 23.0. The van der Waals surface area contributed by atoms with E-state index in [0.29, 0.717) is 0 Å². The van der Waals surface area contributed by atoms with Crippen LogP contribution in [0.4, 0.5) is 0 Å². The number of carbonyl (C=O) groups is 2. The maximum atomic E-state index is 13.3. The predicted molar refractivity (Wildman–Crippen MR) is 425 cm³/mol. The number of azide groups is 2. The van der Waals surface area contributed by atoms with Gasteiger partial charge in [0.05, 0.1) is 56.9 Å². The lowest BCUT2D eigenvalue weighted by atomic mass is 9.88. The number of hydrogen-bond acceptors (Lipinski definition) is 19. The Morgan fingerprint density at radius 3 is 1.13 bits per heavy atom. The number of rotatable bonds is 32. The van der Waals surface area contributed by atoms with Crippen LogP contribution in [0.3, 0.4) is 0 Å². The van der Waals surface area contributed by atoms with E-state index in [1.165, 1.54) is 13.8 Å².